The summed E-state index contributed by atoms with van der Waals surface area (Å²) in [6.45, 7) is 0. The standard InChI is InChI=1S/C12H16N4O2S/c13-8-6-14-9(19-8)5-7-10(17)16-12(11(18)15-7)3-1-2-4-12/h6-7H,1-5,13H2,(H,15,18)(H,16,17). The number of hydrogen-bond acceptors (Lipinski definition) is 5. The summed E-state index contributed by atoms with van der Waals surface area (Å²) < 4.78 is 0. The molecule has 0 radical (unpaired) electrons. The van der Waals surface area contributed by atoms with Crippen LogP contribution in [-0.4, -0.2) is 28.4 Å². The topological polar surface area (TPSA) is 97.1 Å². The molecule has 2 fully saturated rings. The minimum absolute atomic E-state index is 0.0564. The second-order valence-electron chi connectivity index (χ2n) is 5.17. The number of anilines is 1. The van der Waals surface area contributed by atoms with E-state index in [9.17, 15) is 9.59 Å². The third-order valence-corrected chi connectivity index (χ3v) is 4.68. The summed E-state index contributed by atoms with van der Waals surface area (Å²) in [6, 6.07) is -0.538. The van der Waals surface area contributed by atoms with E-state index in [4.69, 9.17) is 5.73 Å². The lowest BCUT2D eigenvalue weighted by Crippen LogP contribution is -2.68. The number of piperazine rings is 1. The van der Waals surface area contributed by atoms with E-state index >= 15 is 0 Å². The van der Waals surface area contributed by atoms with E-state index in [1.807, 2.05) is 0 Å². The van der Waals surface area contributed by atoms with Crippen molar-refractivity contribution in [1.29, 1.82) is 0 Å². The lowest BCUT2D eigenvalue weighted by atomic mass is 9.92. The molecule has 7 heteroatoms. The molecule has 4 N–H and O–H groups in total. The van der Waals surface area contributed by atoms with Gasteiger partial charge in [0.05, 0.1) is 11.2 Å². The van der Waals surface area contributed by atoms with Crippen LogP contribution in [0.25, 0.3) is 0 Å². The quantitative estimate of drug-likeness (QED) is 0.720. The molecule has 6 nitrogen and oxygen atoms in total. The zero-order valence-corrected chi connectivity index (χ0v) is 11.3. The van der Waals surface area contributed by atoms with Crippen LogP contribution in [0, 0.1) is 0 Å². The van der Waals surface area contributed by atoms with Crippen molar-refractivity contribution in [2.24, 2.45) is 0 Å². The van der Waals surface area contributed by atoms with E-state index < -0.39 is 11.6 Å². The van der Waals surface area contributed by atoms with Gasteiger partial charge in [0.2, 0.25) is 11.8 Å². The van der Waals surface area contributed by atoms with Crippen molar-refractivity contribution in [1.82, 2.24) is 15.6 Å². The first kappa shape index (κ1) is 12.4. The lowest BCUT2D eigenvalue weighted by Gasteiger charge is -2.37. The smallest absolute Gasteiger partial charge is 0.246 e. The molecule has 2 amide bonds. The van der Waals surface area contributed by atoms with Gasteiger partial charge in [-0.3, -0.25) is 9.59 Å². The Balaban J connectivity index is 1.72. The second-order valence-corrected chi connectivity index (χ2v) is 6.31. The first-order chi connectivity index (χ1) is 9.09. The number of aromatic nitrogens is 1. The van der Waals surface area contributed by atoms with Crippen molar-refractivity contribution in [2.45, 2.75) is 43.7 Å². The maximum Gasteiger partial charge on any atom is 0.246 e. The van der Waals surface area contributed by atoms with Gasteiger partial charge < -0.3 is 16.4 Å². The molecular formula is C12H16N4O2S. The zero-order chi connectivity index (χ0) is 13.5. The van der Waals surface area contributed by atoms with E-state index in [1.54, 1.807) is 6.20 Å². The normalized spacial score (nSPS) is 25.4. The van der Waals surface area contributed by atoms with Crippen LogP contribution < -0.4 is 16.4 Å². The summed E-state index contributed by atoms with van der Waals surface area (Å²) >= 11 is 1.34. The maximum absolute atomic E-state index is 12.2. The van der Waals surface area contributed by atoms with Crippen LogP contribution in [0.15, 0.2) is 6.20 Å². The number of carbonyl (C=O) groups excluding carboxylic acids is 2. The van der Waals surface area contributed by atoms with Gasteiger partial charge >= 0.3 is 0 Å². The summed E-state index contributed by atoms with van der Waals surface area (Å²) in [5.74, 6) is -0.172. The SMILES string of the molecule is Nc1cnc(CC2NC(=O)C3(CCCC3)NC2=O)s1. The van der Waals surface area contributed by atoms with E-state index in [0.29, 0.717) is 11.4 Å². The largest absolute Gasteiger partial charge is 0.389 e. The molecule has 1 atom stereocenters. The highest BCUT2D eigenvalue weighted by atomic mass is 32.1. The summed E-state index contributed by atoms with van der Waals surface area (Å²) in [7, 11) is 0. The number of nitrogens with two attached hydrogens (primary N) is 1. The Morgan fingerprint density at radius 3 is 2.79 bits per heavy atom. The number of nitrogens with zero attached hydrogens (tertiary/aromatic N) is 1. The Kier molecular flexibility index (Phi) is 2.93. The summed E-state index contributed by atoms with van der Waals surface area (Å²) in [5, 5.41) is 7.12. The first-order valence-electron chi connectivity index (χ1n) is 6.42. The number of rotatable bonds is 2. The van der Waals surface area contributed by atoms with Crippen LogP contribution in [-0.2, 0) is 16.0 Å². The monoisotopic (exact) mass is 280 g/mol. The summed E-state index contributed by atoms with van der Waals surface area (Å²) in [4.78, 5) is 28.5. The molecule has 102 valence electrons. The first-order valence-corrected chi connectivity index (χ1v) is 7.24. The Hall–Kier alpha value is -1.63. The van der Waals surface area contributed by atoms with Gasteiger partial charge in [-0.2, -0.15) is 0 Å². The number of hydrogen-bond donors (Lipinski definition) is 3. The highest BCUT2D eigenvalue weighted by Gasteiger charge is 2.47. The number of nitrogen functional groups attached to an aromatic ring is 1. The molecular weight excluding hydrogens is 264 g/mol. The van der Waals surface area contributed by atoms with Crippen LogP contribution in [0.3, 0.4) is 0 Å². The minimum Gasteiger partial charge on any atom is -0.389 e. The van der Waals surface area contributed by atoms with E-state index in [0.717, 1.165) is 30.7 Å². The number of amides is 2. The summed E-state index contributed by atoms with van der Waals surface area (Å²) in [5.41, 5.74) is 4.95. The van der Waals surface area contributed by atoms with Gasteiger partial charge in [-0.15, -0.1) is 11.3 Å². The van der Waals surface area contributed by atoms with E-state index in [2.05, 4.69) is 15.6 Å². The summed E-state index contributed by atoms with van der Waals surface area (Å²) in [6.07, 6.45) is 5.42. The Morgan fingerprint density at radius 1 is 1.42 bits per heavy atom. The Morgan fingerprint density at radius 2 is 2.16 bits per heavy atom. The van der Waals surface area contributed by atoms with E-state index in [-0.39, 0.29) is 11.8 Å². The van der Waals surface area contributed by atoms with Crippen LogP contribution in [0.4, 0.5) is 5.00 Å². The number of nitrogens with one attached hydrogen (secondary N) is 2. The molecule has 2 aliphatic rings. The molecule has 3 rings (SSSR count). The molecule has 0 bridgehead atoms. The average molecular weight is 280 g/mol. The van der Waals surface area contributed by atoms with Crippen molar-refractivity contribution < 1.29 is 9.59 Å². The maximum atomic E-state index is 12.2. The molecule has 1 aromatic heterocycles. The van der Waals surface area contributed by atoms with Gasteiger partial charge in [-0.25, -0.2) is 4.98 Å². The van der Waals surface area contributed by atoms with Crippen LogP contribution in [0.1, 0.15) is 30.7 Å². The molecule has 0 aromatic carbocycles. The molecule has 19 heavy (non-hydrogen) atoms. The fourth-order valence-electron chi connectivity index (χ4n) is 2.81. The van der Waals surface area contributed by atoms with E-state index in [1.165, 1.54) is 11.3 Å². The fourth-order valence-corrected chi connectivity index (χ4v) is 3.54. The second kappa shape index (κ2) is 4.48. The predicted octanol–water partition coefficient (Wildman–Crippen LogP) is 0.195. The van der Waals surface area contributed by atoms with Crippen molar-refractivity contribution in [3.05, 3.63) is 11.2 Å². The van der Waals surface area contributed by atoms with Crippen molar-refractivity contribution in [2.75, 3.05) is 5.73 Å². The van der Waals surface area contributed by atoms with Gasteiger partial charge in [0, 0.05) is 6.42 Å². The Labute approximate surface area is 114 Å². The lowest BCUT2D eigenvalue weighted by molar-refractivity contribution is -0.141. The van der Waals surface area contributed by atoms with Crippen molar-refractivity contribution in [3.8, 4) is 0 Å². The highest BCUT2D eigenvalue weighted by molar-refractivity contribution is 7.15. The number of thiazole rings is 1. The molecule has 1 aromatic rings. The third-order valence-electron chi connectivity index (χ3n) is 3.83. The molecule has 2 heterocycles. The molecule has 1 aliphatic carbocycles. The van der Waals surface area contributed by atoms with Crippen molar-refractivity contribution >= 4 is 28.2 Å². The molecule has 1 spiro atoms. The molecule has 1 aliphatic heterocycles. The van der Waals surface area contributed by atoms with Gasteiger partial charge in [0.15, 0.2) is 0 Å². The Bertz CT molecular complexity index is 522. The van der Waals surface area contributed by atoms with Crippen molar-refractivity contribution in [3.63, 3.8) is 0 Å². The van der Waals surface area contributed by atoms with Gasteiger partial charge in [-0.1, -0.05) is 12.8 Å². The van der Waals surface area contributed by atoms with Gasteiger partial charge in [-0.05, 0) is 12.8 Å². The zero-order valence-electron chi connectivity index (χ0n) is 10.4. The highest BCUT2D eigenvalue weighted by Crippen LogP contribution is 2.32. The number of carbonyl (C=O) groups is 2. The van der Waals surface area contributed by atoms with Crippen LogP contribution in [0.5, 0.6) is 0 Å². The van der Waals surface area contributed by atoms with Crippen LogP contribution >= 0.6 is 11.3 Å². The minimum atomic E-state index is -0.657. The average Bonchev–Trinajstić information content (AvgIpc) is 2.97. The molecule has 1 saturated heterocycles. The molecule has 1 saturated carbocycles. The van der Waals surface area contributed by atoms with Gasteiger partial charge in [0.1, 0.15) is 16.6 Å². The predicted molar refractivity (Wildman–Crippen MR) is 71.5 cm³/mol. The fraction of sp³-hybridized carbons (Fsp3) is 0.583. The molecule has 1 unspecified atom stereocenters. The van der Waals surface area contributed by atoms with Crippen LogP contribution in [0.2, 0.25) is 0 Å². The third kappa shape index (κ3) is 2.18. The van der Waals surface area contributed by atoms with Gasteiger partial charge in [0.25, 0.3) is 0 Å².